The van der Waals surface area contributed by atoms with Crippen molar-refractivity contribution in [3.63, 3.8) is 0 Å². The molecule has 1 N–H and O–H groups in total. The van der Waals surface area contributed by atoms with Crippen molar-refractivity contribution in [3.05, 3.63) is 0 Å². The van der Waals surface area contributed by atoms with E-state index in [1.807, 2.05) is 20.8 Å². The summed E-state index contributed by atoms with van der Waals surface area (Å²) in [5, 5.41) is 2.84. The number of nitrogens with zero attached hydrogens (tertiary/aromatic N) is 1. The van der Waals surface area contributed by atoms with E-state index in [0.29, 0.717) is 6.42 Å². The molecule has 1 heterocycles. The highest BCUT2D eigenvalue weighted by Crippen LogP contribution is 2.31. The fraction of sp³-hybridized carbons (Fsp3) is 0.857. The summed E-state index contributed by atoms with van der Waals surface area (Å²) in [6, 6.07) is 0.0952. The lowest BCUT2D eigenvalue weighted by Crippen LogP contribution is -2.74. The van der Waals surface area contributed by atoms with E-state index in [1.165, 1.54) is 0 Å². The van der Waals surface area contributed by atoms with Gasteiger partial charge in [0, 0.05) is 6.04 Å². The van der Waals surface area contributed by atoms with Crippen LogP contribution in [-0.4, -0.2) is 33.8 Å². The second-order valence-corrected chi connectivity index (χ2v) is 6.02. The number of carbonyl (C=O) groups excluding carboxylic acids is 2. The molecule has 0 aromatic rings. The monoisotopic (exact) mass is 254 g/mol. The number of rotatable bonds is 4. The van der Waals surface area contributed by atoms with Crippen molar-refractivity contribution >= 4 is 11.8 Å². The SMILES string of the molecule is CCCC(C)N1C(=O)C(C)(C)NC(=O)C1(C)CC. The first-order chi connectivity index (χ1) is 8.20. The van der Waals surface area contributed by atoms with Gasteiger partial charge in [0.15, 0.2) is 0 Å². The van der Waals surface area contributed by atoms with Crippen LogP contribution in [0.1, 0.15) is 60.8 Å². The molecule has 1 aliphatic heterocycles. The zero-order valence-electron chi connectivity index (χ0n) is 12.5. The smallest absolute Gasteiger partial charge is 0.248 e. The third-order valence-electron chi connectivity index (χ3n) is 4.04. The molecule has 0 saturated carbocycles. The number of amides is 2. The lowest BCUT2D eigenvalue weighted by molar-refractivity contribution is -0.164. The maximum Gasteiger partial charge on any atom is 0.248 e. The Morgan fingerprint density at radius 3 is 2.22 bits per heavy atom. The standard InChI is InChI=1S/C14H26N2O2/c1-7-9-10(3)16-12(18)13(4,5)15-11(17)14(16,6)8-2/h10H,7-9H2,1-6H3,(H,15,17). The van der Waals surface area contributed by atoms with Gasteiger partial charge in [0.1, 0.15) is 11.1 Å². The predicted octanol–water partition coefficient (Wildman–Crippen LogP) is 2.08. The topological polar surface area (TPSA) is 49.4 Å². The molecule has 4 nitrogen and oxygen atoms in total. The van der Waals surface area contributed by atoms with Gasteiger partial charge >= 0.3 is 0 Å². The van der Waals surface area contributed by atoms with Gasteiger partial charge in [-0.3, -0.25) is 9.59 Å². The molecule has 0 aromatic heterocycles. The quantitative estimate of drug-likeness (QED) is 0.835. The van der Waals surface area contributed by atoms with Crippen molar-refractivity contribution in [2.45, 2.75) is 77.9 Å². The Kier molecular flexibility index (Phi) is 4.08. The van der Waals surface area contributed by atoms with Crippen LogP contribution in [0.15, 0.2) is 0 Å². The molecule has 104 valence electrons. The molecule has 2 atom stereocenters. The van der Waals surface area contributed by atoms with E-state index in [2.05, 4.69) is 12.2 Å². The van der Waals surface area contributed by atoms with Gasteiger partial charge in [0.2, 0.25) is 11.8 Å². The molecule has 0 radical (unpaired) electrons. The van der Waals surface area contributed by atoms with Crippen LogP contribution in [0.25, 0.3) is 0 Å². The summed E-state index contributed by atoms with van der Waals surface area (Å²) < 4.78 is 0. The van der Waals surface area contributed by atoms with Gasteiger partial charge in [0.05, 0.1) is 0 Å². The van der Waals surface area contributed by atoms with Crippen molar-refractivity contribution < 1.29 is 9.59 Å². The van der Waals surface area contributed by atoms with Gasteiger partial charge in [0.25, 0.3) is 0 Å². The fourth-order valence-electron chi connectivity index (χ4n) is 2.67. The van der Waals surface area contributed by atoms with E-state index in [0.717, 1.165) is 12.8 Å². The van der Waals surface area contributed by atoms with E-state index in [-0.39, 0.29) is 17.9 Å². The Bertz CT molecular complexity index is 352. The summed E-state index contributed by atoms with van der Waals surface area (Å²) in [7, 11) is 0. The number of hydrogen-bond donors (Lipinski definition) is 1. The largest absolute Gasteiger partial charge is 0.340 e. The van der Waals surface area contributed by atoms with Crippen molar-refractivity contribution in [1.82, 2.24) is 10.2 Å². The lowest BCUT2D eigenvalue weighted by Gasteiger charge is -2.51. The first-order valence-electron chi connectivity index (χ1n) is 6.87. The second-order valence-electron chi connectivity index (χ2n) is 6.02. The van der Waals surface area contributed by atoms with Gasteiger partial charge in [-0.25, -0.2) is 0 Å². The van der Waals surface area contributed by atoms with Crippen LogP contribution in [0.5, 0.6) is 0 Å². The van der Waals surface area contributed by atoms with Crippen LogP contribution in [-0.2, 0) is 9.59 Å². The number of carbonyl (C=O) groups is 2. The minimum Gasteiger partial charge on any atom is -0.340 e. The van der Waals surface area contributed by atoms with Gasteiger partial charge in [-0.2, -0.15) is 0 Å². The van der Waals surface area contributed by atoms with Crippen LogP contribution in [0.3, 0.4) is 0 Å². The summed E-state index contributed by atoms with van der Waals surface area (Å²) in [6.07, 6.45) is 2.56. The highest BCUT2D eigenvalue weighted by atomic mass is 16.2. The van der Waals surface area contributed by atoms with Crippen LogP contribution >= 0.6 is 0 Å². The Morgan fingerprint density at radius 2 is 1.78 bits per heavy atom. The molecule has 1 aliphatic rings. The highest BCUT2D eigenvalue weighted by Gasteiger charge is 2.52. The molecule has 1 saturated heterocycles. The van der Waals surface area contributed by atoms with Crippen LogP contribution in [0, 0.1) is 0 Å². The van der Waals surface area contributed by atoms with E-state index >= 15 is 0 Å². The second kappa shape index (κ2) is 4.90. The van der Waals surface area contributed by atoms with Gasteiger partial charge < -0.3 is 10.2 Å². The van der Waals surface area contributed by atoms with E-state index in [4.69, 9.17) is 0 Å². The third kappa shape index (κ3) is 2.25. The molecule has 0 spiro atoms. The molecule has 1 fully saturated rings. The average molecular weight is 254 g/mol. The van der Waals surface area contributed by atoms with Crippen LogP contribution in [0.4, 0.5) is 0 Å². The Hall–Kier alpha value is -1.06. The summed E-state index contributed by atoms with van der Waals surface area (Å²) >= 11 is 0. The summed E-state index contributed by atoms with van der Waals surface area (Å²) in [5.74, 6) is -0.0232. The molecule has 1 rings (SSSR count). The van der Waals surface area contributed by atoms with Crippen molar-refractivity contribution in [3.8, 4) is 0 Å². The van der Waals surface area contributed by atoms with E-state index in [9.17, 15) is 9.59 Å². The Morgan fingerprint density at radius 1 is 1.22 bits per heavy atom. The molecule has 2 amide bonds. The third-order valence-corrected chi connectivity index (χ3v) is 4.04. The van der Waals surface area contributed by atoms with Crippen molar-refractivity contribution in [2.75, 3.05) is 0 Å². The number of hydrogen-bond acceptors (Lipinski definition) is 2. The first kappa shape index (κ1) is 15.0. The Labute approximate surface area is 110 Å². The fourth-order valence-corrected chi connectivity index (χ4v) is 2.67. The maximum atomic E-state index is 12.6. The Balaban J connectivity index is 3.18. The molecule has 0 bridgehead atoms. The van der Waals surface area contributed by atoms with Gasteiger partial charge in [-0.05, 0) is 40.5 Å². The number of nitrogens with one attached hydrogen (secondary N) is 1. The zero-order valence-corrected chi connectivity index (χ0v) is 12.5. The highest BCUT2D eigenvalue weighted by molar-refractivity contribution is 6.01. The van der Waals surface area contributed by atoms with E-state index in [1.54, 1.807) is 18.7 Å². The minimum absolute atomic E-state index is 0.0207. The predicted molar refractivity (Wildman–Crippen MR) is 72.1 cm³/mol. The van der Waals surface area contributed by atoms with Crippen LogP contribution in [0.2, 0.25) is 0 Å². The van der Waals surface area contributed by atoms with Crippen LogP contribution < -0.4 is 5.32 Å². The zero-order chi connectivity index (χ0) is 14.1. The van der Waals surface area contributed by atoms with Crippen molar-refractivity contribution in [1.29, 1.82) is 0 Å². The van der Waals surface area contributed by atoms with Gasteiger partial charge in [-0.1, -0.05) is 20.3 Å². The normalized spacial score (nSPS) is 29.1. The summed E-state index contributed by atoms with van der Waals surface area (Å²) in [5.41, 5.74) is -1.52. The first-order valence-corrected chi connectivity index (χ1v) is 6.87. The molecular formula is C14H26N2O2. The average Bonchev–Trinajstić information content (AvgIpc) is 2.27. The summed E-state index contributed by atoms with van der Waals surface area (Å²) in [4.78, 5) is 26.7. The minimum atomic E-state index is -0.798. The lowest BCUT2D eigenvalue weighted by atomic mass is 9.84. The maximum absolute atomic E-state index is 12.6. The number of piperazine rings is 1. The van der Waals surface area contributed by atoms with Crippen molar-refractivity contribution in [2.24, 2.45) is 0 Å². The molecule has 2 unspecified atom stereocenters. The van der Waals surface area contributed by atoms with Gasteiger partial charge in [-0.15, -0.1) is 0 Å². The van der Waals surface area contributed by atoms with E-state index < -0.39 is 11.1 Å². The molecule has 4 heteroatoms. The molecule has 18 heavy (non-hydrogen) atoms. The molecule has 0 aliphatic carbocycles. The summed E-state index contributed by atoms with van der Waals surface area (Å²) in [6.45, 7) is 11.5. The molecule has 0 aromatic carbocycles. The molecular weight excluding hydrogens is 228 g/mol.